The van der Waals surface area contributed by atoms with Crippen LogP contribution in [-0.2, 0) is 6.54 Å². The molecule has 0 aliphatic carbocycles. The van der Waals surface area contributed by atoms with Gasteiger partial charge in [-0.2, -0.15) is 0 Å². The number of halogens is 1. The molecule has 0 aliphatic heterocycles. The minimum absolute atomic E-state index is 0.275. The maximum Gasteiger partial charge on any atom is 0.119 e. The van der Waals surface area contributed by atoms with Crippen molar-refractivity contribution >= 4 is 11.6 Å². The van der Waals surface area contributed by atoms with Gasteiger partial charge in [0.15, 0.2) is 0 Å². The first kappa shape index (κ1) is 15.8. The minimum Gasteiger partial charge on any atom is -0.491 e. The van der Waals surface area contributed by atoms with E-state index in [2.05, 4.69) is 0 Å². The number of nitrogens with zero attached hydrogens (tertiary/aromatic N) is 1. The van der Waals surface area contributed by atoms with Crippen molar-refractivity contribution in [2.45, 2.75) is 12.6 Å². The van der Waals surface area contributed by atoms with Gasteiger partial charge in [0.2, 0.25) is 0 Å². The van der Waals surface area contributed by atoms with E-state index < -0.39 is 6.10 Å². The Hall–Kier alpha value is -1.55. The molecule has 1 unspecified atom stereocenters. The number of aliphatic hydroxyl groups is 1. The fourth-order valence-corrected chi connectivity index (χ4v) is 2.30. The van der Waals surface area contributed by atoms with Gasteiger partial charge in [0.1, 0.15) is 18.5 Å². The van der Waals surface area contributed by atoms with Crippen molar-refractivity contribution in [2.75, 3.05) is 20.2 Å². The Morgan fingerprint density at radius 3 is 2.48 bits per heavy atom. The predicted octanol–water partition coefficient (Wildman–Crippen LogP) is 3.21. The monoisotopic (exact) mass is 305 g/mol. The van der Waals surface area contributed by atoms with Crippen molar-refractivity contribution in [1.82, 2.24) is 4.90 Å². The molecule has 2 rings (SSSR count). The van der Waals surface area contributed by atoms with Crippen LogP contribution in [-0.4, -0.2) is 36.3 Å². The van der Waals surface area contributed by atoms with Crippen LogP contribution in [0.3, 0.4) is 0 Å². The molecule has 0 radical (unpaired) electrons. The zero-order valence-electron chi connectivity index (χ0n) is 12.1. The first-order valence-electron chi connectivity index (χ1n) is 6.93. The van der Waals surface area contributed by atoms with Crippen LogP contribution in [0.15, 0.2) is 54.6 Å². The average Bonchev–Trinajstić information content (AvgIpc) is 2.48. The van der Waals surface area contributed by atoms with Gasteiger partial charge in [-0.1, -0.05) is 48.0 Å². The van der Waals surface area contributed by atoms with Crippen LogP contribution in [0, 0.1) is 0 Å². The van der Waals surface area contributed by atoms with E-state index in [9.17, 15) is 5.11 Å². The highest BCUT2D eigenvalue weighted by molar-refractivity contribution is 6.31. The second-order valence-corrected chi connectivity index (χ2v) is 5.47. The van der Waals surface area contributed by atoms with Crippen molar-refractivity contribution < 1.29 is 9.84 Å². The first-order chi connectivity index (χ1) is 10.1. The van der Waals surface area contributed by atoms with Gasteiger partial charge in [-0.05, 0) is 30.8 Å². The SMILES string of the molecule is CN(Cc1ccccc1Cl)CC(O)COc1ccccc1. The predicted molar refractivity (Wildman–Crippen MR) is 85.7 cm³/mol. The summed E-state index contributed by atoms with van der Waals surface area (Å²) >= 11 is 6.13. The van der Waals surface area contributed by atoms with Crippen molar-refractivity contribution in [3.63, 3.8) is 0 Å². The molecule has 112 valence electrons. The Morgan fingerprint density at radius 1 is 1.10 bits per heavy atom. The zero-order chi connectivity index (χ0) is 15.1. The van der Waals surface area contributed by atoms with Gasteiger partial charge >= 0.3 is 0 Å². The molecule has 0 amide bonds. The van der Waals surface area contributed by atoms with Crippen molar-refractivity contribution in [3.05, 3.63) is 65.2 Å². The summed E-state index contributed by atoms with van der Waals surface area (Å²) in [4.78, 5) is 2.03. The van der Waals surface area contributed by atoms with E-state index in [4.69, 9.17) is 16.3 Å². The molecule has 3 nitrogen and oxygen atoms in total. The maximum atomic E-state index is 10.0. The van der Waals surface area contributed by atoms with E-state index in [0.717, 1.165) is 16.3 Å². The summed E-state index contributed by atoms with van der Waals surface area (Å²) < 4.78 is 5.54. The van der Waals surface area contributed by atoms with Crippen LogP contribution in [0.25, 0.3) is 0 Å². The molecular weight excluding hydrogens is 286 g/mol. The molecule has 21 heavy (non-hydrogen) atoms. The molecule has 0 aliphatic rings. The number of rotatable bonds is 7. The molecule has 2 aromatic rings. The highest BCUT2D eigenvalue weighted by Crippen LogP contribution is 2.16. The van der Waals surface area contributed by atoms with Crippen molar-refractivity contribution in [3.8, 4) is 5.75 Å². The number of aliphatic hydroxyl groups excluding tert-OH is 1. The Bertz CT molecular complexity index is 547. The van der Waals surface area contributed by atoms with Gasteiger partial charge in [-0.3, -0.25) is 4.90 Å². The average molecular weight is 306 g/mol. The lowest BCUT2D eigenvalue weighted by molar-refractivity contribution is 0.0744. The molecule has 0 spiro atoms. The Morgan fingerprint density at radius 2 is 1.76 bits per heavy atom. The van der Waals surface area contributed by atoms with E-state index in [0.29, 0.717) is 13.1 Å². The topological polar surface area (TPSA) is 32.7 Å². The Balaban J connectivity index is 1.77. The van der Waals surface area contributed by atoms with Crippen molar-refractivity contribution in [2.24, 2.45) is 0 Å². The third-order valence-corrected chi connectivity index (χ3v) is 3.47. The molecule has 0 heterocycles. The minimum atomic E-state index is -0.544. The summed E-state index contributed by atoms with van der Waals surface area (Å²) in [6.07, 6.45) is -0.544. The van der Waals surface area contributed by atoms with E-state index >= 15 is 0 Å². The third-order valence-electron chi connectivity index (χ3n) is 3.11. The molecule has 1 atom stereocenters. The smallest absolute Gasteiger partial charge is 0.119 e. The molecule has 0 saturated carbocycles. The summed E-state index contributed by atoms with van der Waals surface area (Å²) in [5.74, 6) is 0.769. The van der Waals surface area contributed by atoms with Gasteiger partial charge in [0, 0.05) is 18.1 Å². The standard InChI is InChI=1S/C17H20ClNO2/c1-19(11-14-7-5-6-10-17(14)18)12-15(20)13-21-16-8-3-2-4-9-16/h2-10,15,20H,11-13H2,1H3. The molecule has 2 aromatic carbocycles. The maximum absolute atomic E-state index is 10.0. The van der Waals surface area contributed by atoms with Gasteiger partial charge in [-0.15, -0.1) is 0 Å². The fraction of sp³-hybridized carbons (Fsp3) is 0.294. The third kappa shape index (κ3) is 5.38. The Labute approximate surface area is 130 Å². The summed E-state index contributed by atoms with van der Waals surface area (Å²) in [5.41, 5.74) is 1.05. The normalized spacial score (nSPS) is 12.4. The molecule has 0 fully saturated rings. The quantitative estimate of drug-likeness (QED) is 0.852. The number of ether oxygens (including phenoxy) is 1. The largest absolute Gasteiger partial charge is 0.491 e. The van der Waals surface area contributed by atoms with Crippen LogP contribution in [0.1, 0.15) is 5.56 Å². The van der Waals surface area contributed by atoms with Crippen LogP contribution < -0.4 is 4.74 Å². The molecular formula is C17H20ClNO2. The highest BCUT2D eigenvalue weighted by Gasteiger charge is 2.10. The summed E-state index contributed by atoms with van der Waals surface area (Å²) in [5, 5.41) is 10.8. The van der Waals surface area contributed by atoms with E-state index in [1.54, 1.807) is 0 Å². The number of benzene rings is 2. The highest BCUT2D eigenvalue weighted by atomic mass is 35.5. The number of hydrogen-bond donors (Lipinski definition) is 1. The fourth-order valence-electron chi connectivity index (χ4n) is 2.10. The van der Waals surface area contributed by atoms with Gasteiger partial charge < -0.3 is 9.84 Å². The Kier molecular flexibility index (Phi) is 6.05. The molecule has 0 aromatic heterocycles. The van der Waals surface area contributed by atoms with E-state index in [-0.39, 0.29) is 6.61 Å². The lowest BCUT2D eigenvalue weighted by atomic mass is 10.2. The number of para-hydroxylation sites is 1. The number of hydrogen-bond acceptors (Lipinski definition) is 3. The summed E-state index contributed by atoms with van der Waals surface area (Å²) in [6, 6.07) is 17.2. The first-order valence-corrected chi connectivity index (χ1v) is 7.31. The van der Waals surface area contributed by atoms with Gasteiger partial charge in [0.05, 0.1) is 0 Å². The molecule has 1 N–H and O–H groups in total. The lowest BCUT2D eigenvalue weighted by Gasteiger charge is -2.21. The lowest BCUT2D eigenvalue weighted by Crippen LogP contribution is -2.32. The van der Waals surface area contributed by atoms with E-state index in [1.165, 1.54) is 0 Å². The zero-order valence-corrected chi connectivity index (χ0v) is 12.8. The summed E-state index contributed by atoms with van der Waals surface area (Å²) in [7, 11) is 1.95. The van der Waals surface area contributed by atoms with Crippen molar-refractivity contribution in [1.29, 1.82) is 0 Å². The second-order valence-electron chi connectivity index (χ2n) is 5.07. The summed E-state index contributed by atoms with van der Waals surface area (Å²) in [6.45, 7) is 1.50. The number of likely N-dealkylation sites (N-methyl/N-ethyl adjacent to an activating group) is 1. The molecule has 4 heteroatoms. The van der Waals surface area contributed by atoms with Crippen LogP contribution >= 0.6 is 11.6 Å². The molecule has 0 saturated heterocycles. The van der Waals surface area contributed by atoms with E-state index in [1.807, 2.05) is 66.5 Å². The van der Waals surface area contributed by atoms with Crippen LogP contribution in [0.2, 0.25) is 5.02 Å². The van der Waals surface area contributed by atoms with Crippen LogP contribution in [0.5, 0.6) is 5.75 Å². The van der Waals surface area contributed by atoms with Crippen LogP contribution in [0.4, 0.5) is 0 Å². The second kappa shape index (κ2) is 8.03. The van der Waals surface area contributed by atoms with Gasteiger partial charge in [0.25, 0.3) is 0 Å². The molecule has 0 bridgehead atoms. The van der Waals surface area contributed by atoms with Gasteiger partial charge in [-0.25, -0.2) is 0 Å².